The van der Waals surface area contributed by atoms with Crippen LogP contribution in [0.3, 0.4) is 0 Å². The Balaban J connectivity index is 1.94. The molecule has 11 heteroatoms. The third kappa shape index (κ3) is 3.48. The summed E-state index contributed by atoms with van der Waals surface area (Å²) in [5.74, 6) is -0.353. The van der Waals surface area contributed by atoms with Gasteiger partial charge in [0.2, 0.25) is 0 Å². The summed E-state index contributed by atoms with van der Waals surface area (Å²) in [6.07, 6.45) is 2.72. The van der Waals surface area contributed by atoms with Crippen molar-refractivity contribution in [2.24, 2.45) is 7.05 Å². The summed E-state index contributed by atoms with van der Waals surface area (Å²) in [5, 5.41) is 4.06. The molecule has 3 aromatic heterocycles. The molecule has 1 N–H and O–H groups in total. The van der Waals surface area contributed by atoms with Crippen LogP contribution >= 0.6 is 11.3 Å². The Kier molecular flexibility index (Phi) is 4.83. The van der Waals surface area contributed by atoms with Crippen LogP contribution in [0.4, 0.5) is 5.82 Å². The van der Waals surface area contributed by atoms with Gasteiger partial charge in [-0.05, 0) is 19.9 Å². The van der Waals surface area contributed by atoms with Crippen molar-refractivity contribution in [2.75, 3.05) is 11.3 Å². The van der Waals surface area contributed by atoms with E-state index in [4.69, 9.17) is 4.74 Å². The summed E-state index contributed by atoms with van der Waals surface area (Å²) in [4.78, 5) is 16.8. The monoisotopic (exact) mass is 396 g/mol. The minimum atomic E-state index is -3.83. The van der Waals surface area contributed by atoms with Gasteiger partial charge in [-0.15, -0.1) is 11.3 Å². The highest BCUT2D eigenvalue weighted by atomic mass is 32.2. The predicted molar refractivity (Wildman–Crippen MR) is 94.5 cm³/mol. The molecule has 0 aliphatic carbocycles. The van der Waals surface area contributed by atoms with Crippen LogP contribution in [-0.2, 0) is 21.8 Å². The van der Waals surface area contributed by atoms with Crippen molar-refractivity contribution in [1.82, 2.24) is 14.7 Å². The molecule has 0 unspecified atom stereocenters. The quantitative estimate of drug-likeness (QED) is 0.636. The first-order valence-electron chi connectivity index (χ1n) is 7.56. The lowest BCUT2D eigenvalue weighted by atomic mass is 10.4. The molecule has 0 spiro atoms. The number of sulfonamides is 1. The van der Waals surface area contributed by atoms with Gasteiger partial charge < -0.3 is 13.8 Å². The lowest BCUT2D eigenvalue weighted by molar-refractivity contribution is 0.0531. The van der Waals surface area contributed by atoms with Crippen molar-refractivity contribution in [2.45, 2.75) is 18.7 Å². The number of aryl methyl sites for hydroxylation is 2. The van der Waals surface area contributed by atoms with Crippen LogP contribution in [0, 0.1) is 6.92 Å². The van der Waals surface area contributed by atoms with Gasteiger partial charge in [0.1, 0.15) is 21.0 Å². The zero-order valence-electron chi connectivity index (χ0n) is 14.2. The fourth-order valence-corrected chi connectivity index (χ4v) is 4.33. The normalized spacial score (nSPS) is 11.5. The van der Waals surface area contributed by atoms with Crippen molar-refractivity contribution < 1.29 is 22.5 Å². The lowest BCUT2D eigenvalue weighted by Gasteiger charge is -2.01. The van der Waals surface area contributed by atoms with Crippen LogP contribution in [0.5, 0.6) is 0 Å². The average molecular weight is 396 g/mol. The molecule has 3 aromatic rings. The van der Waals surface area contributed by atoms with E-state index in [1.165, 1.54) is 24.6 Å². The van der Waals surface area contributed by atoms with Gasteiger partial charge in [-0.1, -0.05) is 5.16 Å². The topological polar surface area (TPSA) is 116 Å². The highest BCUT2D eigenvalue weighted by Gasteiger charge is 2.23. The van der Waals surface area contributed by atoms with E-state index in [2.05, 4.69) is 19.4 Å². The van der Waals surface area contributed by atoms with Crippen LogP contribution in [0.25, 0.3) is 10.7 Å². The molecule has 0 saturated carbocycles. The van der Waals surface area contributed by atoms with E-state index in [1.54, 1.807) is 25.5 Å². The fourth-order valence-electron chi connectivity index (χ4n) is 2.25. The van der Waals surface area contributed by atoms with Crippen LogP contribution in [-0.4, -0.2) is 35.7 Å². The smallest absolute Gasteiger partial charge is 0.350 e. The number of ether oxygens (including phenoxy) is 1. The third-order valence-electron chi connectivity index (χ3n) is 3.44. The SMILES string of the molecule is CCOC(=O)c1sc(-c2cc(S(=O)(=O)Nc3ccon3)cn2C)nc1C. The van der Waals surface area contributed by atoms with E-state index in [-0.39, 0.29) is 17.3 Å². The standard InChI is InChI=1S/C15H16N4O5S2/c1-4-23-15(20)13-9(2)16-14(25-13)11-7-10(8-19(11)3)26(21,22)18-12-5-6-24-17-12/h5-8H,4H2,1-3H3,(H,17,18). The Morgan fingerprint density at radius 3 is 2.88 bits per heavy atom. The molecular formula is C15H16N4O5S2. The Labute approximate surface area is 153 Å². The number of anilines is 1. The molecule has 26 heavy (non-hydrogen) atoms. The van der Waals surface area contributed by atoms with Crippen molar-refractivity contribution in [3.05, 3.63) is 35.2 Å². The molecule has 0 saturated heterocycles. The number of carbonyl (C=O) groups is 1. The third-order valence-corrected chi connectivity index (χ3v) is 5.93. The minimum Gasteiger partial charge on any atom is -0.462 e. The van der Waals surface area contributed by atoms with Gasteiger partial charge in [0.25, 0.3) is 10.0 Å². The fraction of sp³-hybridized carbons (Fsp3) is 0.267. The second-order valence-electron chi connectivity index (χ2n) is 5.32. The Hall–Kier alpha value is -2.66. The molecule has 0 aliphatic rings. The molecule has 0 aliphatic heterocycles. The van der Waals surface area contributed by atoms with E-state index in [0.717, 1.165) is 11.3 Å². The first-order chi connectivity index (χ1) is 12.3. The van der Waals surface area contributed by atoms with E-state index in [0.29, 0.717) is 21.3 Å². The van der Waals surface area contributed by atoms with Gasteiger partial charge in [0.05, 0.1) is 18.0 Å². The molecule has 0 amide bonds. The molecule has 0 aromatic carbocycles. The van der Waals surface area contributed by atoms with Crippen LogP contribution in [0.15, 0.2) is 34.0 Å². The largest absolute Gasteiger partial charge is 0.462 e. The van der Waals surface area contributed by atoms with E-state index >= 15 is 0 Å². The maximum atomic E-state index is 12.5. The zero-order chi connectivity index (χ0) is 18.9. The highest BCUT2D eigenvalue weighted by molar-refractivity contribution is 7.92. The Morgan fingerprint density at radius 2 is 2.23 bits per heavy atom. The number of hydrogen-bond donors (Lipinski definition) is 1. The molecular weight excluding hydrogens is 380 g/mol. The molecule has 3 heterocycles. The molecule has 3 rings (SSSR count). The maximum Gasteiger partial charge on any atom is 0.350 e. The number of rotatable bonds is 6. The molecule has 0 atom stereocenters. The van der Waals surface area contributed by atoms with E-state index in [1.807, 2.05) is 0 Å². The second kappa shape index (κ2) is 6.92. The summed E-state index contributed by atoms with van der Waals surface area (Å²) in [5.41, 5.74) is 1.10. The summed E-state index contributed by atoms with van der Waals surface area (Å²) in [6, 6.07) is 2.88. The van der Waals surface area contributed by atoms with Crippen molar-refractivity contribution in [3.8, 4) is 10.7 Å². The van der Waals surface area contributed by atoms with Crippen LogP contribution in [0.1, 0.15) is 22.3 Å². The molecule has 138 valence electrons. The second-order valence-corrected chi connectivity index (χ2v) is 8.00. The van der Waals surface area contributed by atoms with Gasteiger partial charge in [0, 0.05) is 19.3 Å². The summed E-state index contributed by atoms with van der Waals surface area (Å²) in [7, 11) is -2.13. The van der Waals surface area contributed by atoms with Gasteiger partial charge in [-0.25, -0.2) is 18.2 Å². The zero-order valence-corrected chi connectivity index (χ0v) is 15.8. The van der Waals surface area contributed by atoms with Crippen LogP contribution in [0.2, 0.25) is 0 Å². The van der Waals surface area contributed by atoms with Gasteiger partial charge >= 0.3 is 5.97 Å². The van der Waals surface area contributed by atoms with Gasteiger partial charge in [-0.3, -0.25) is 4.72 Å². The Bertz CT molecular complexity index is 1030. The highest BCUT2D eigenvalue weighted by Crippen LogP contribution is 2.31. The summed E-state index contributed by atoms with van der Waals surface area (Å²) in [6.45, 7) is 3.70. The molecule has 9 nitrogen and oxygen atoms in total. The number of esters is 1. The first kappa shape index (κ1) is 18.1. The number of nitrogens with one attached hydrogen (secondary N) is 1. The maximum absolute atomic E-state index is 12.5. The molecule has 0 radical (unpaired) electrons. The van der Waals surface area contributed by atoms with E-state index < -0.39 is 16.0 Å². The van der Waals surface area contributed by atoms with Crippen molar-refractivity contribution in [1.29, 1.82) is 0 Å². The van der Waals surface area contributed by atoms with Gasteiger partial charge in [-0.2, -0.15) is 0 Å². The van der Waals surface area contributed by atoms with E-state index in [9.17, 15) is 13.2 Å². The lowest BCUT2D eigenvalue weighted by Crippen LogP contribution is -2.12. The number of aromatic nitrogens is 3. The van der Waals surface area contributed by atoms with Crippen LogP contribution < -0.4 is 4.72 Å². The van der Waals surface area contributed by atoms with Crippen molar-refractivity contribution in [3.63, 3.8) is 0 Å². The number of nitrogens with zero attached hydrogens (tertiary/aromatic N) is 3. The number of hydrogen-bond acceptors (Lipinski definition) is 8. The molecule has 0 bridgehead atoms. The minimum absolute atomic E-state index is 0.0449. The van der Waals surface area contributed by atoms with Crippen molar-refractivity contribution >= 4 is 33.1 Å². The summed E-state index contributed by atoms with van der Waals surface area (Å²) >= 11 is 1.16. The summed E-state index contributed by atoms with van der Waals surface area (Å²) < 4.78 is 38.5. The molecule has 0 fully saturated rings. The first-order valence-corrected chi connectivity index (χ1v) is 9.86. The Morgan fingerprint density at radius 1 is 1.46 bits per heavy atom. The number of thiazole rings is 1. The average Bonchev–Trinajstić information content (AvgIpc) is 3.27. The van der Waals surface area contributed by atoms with Gasteiger partial charge in [0.15, 0.2) is 5.82 Å². The predicted octanol–water partition coefficient (Wildman–Crippen LogP) is 2.42. The number of carbonyl (C=O) groups excluding carboxylic acids is 1.